The Labute approximate surface area is 113 Å². The maximum absolute atomic E-state index is 12.4. The number of ether oxygens (including phenoxy) is 1. The molecule has 19 heavy (non-hydrogen) atoms. The summed E-state index contributed by atoms with van der Waals surface area (Å²) < 4.78 is 4.61. The molecule has 104 valence electrons. The average Bonchev–Trinajstić information content (AvgIpc) is 2.37. The molecule has 0 aliphatic heterocycles. The molecule has 1 rings (SSSR count). The van der Waals surface area contributed by atoms with E-state index in [0.717, 1.165) is 5.56 Å². The van der Waals surface area contributed by atoms with Crippen LogP contribution in [-0.4, -0.2) is 36.5 Å². The normalized spacial score (nSPS) is 10.4. The monoisotopic (exact) mass is 264 g/mol. The molecule has 5 heteroatoms. The molecule has 1 amide bonds. The van der Waals surface area contributed by atoms with Gasteiger partial charge in [0.15, 0.2) is 0 Å². The van der Waals surface area contributed by atoms with Gasteiger partial charge in [0.2, 0.25) is 0 Å². The molecule has 0 unspecified atom stereocenters. The molecule has 0 aliphatic rings. The van der Waals surface area contributed by atoms with Gasteiger partial charge in [-0.2, -0.15) is 0 Å². The number of nitrogens with two attached hydrogens (primary N) is 1. The summed E-state index contributed by atoms with van der Waals surface area (Å²) in [5.74, 6) is -0.641. The van der Waals surface area contributed by atoms with E-state index in [1.165, 1.54) is 12.0 Å². The van der Waals surface area contributed by atoms with Crippen LogP contribution >= 0.6 is 0 Å². The van der Waals surface area contributed by atoms with Gasteiger partial charge < -0.3 is 15.4 Å². The van der Waals surface area contributed by atoms with Gasteiger partial charge in [0, 0.05) is 17.3 Å². The first kappa shape index (κ1) is 15.0. The van der Waals surface area contributed by atoms with Gasteiger partial charge in [-0.05, 0) is 44.5 Å². The van der Waals surface area contributed by atoms with Crippen LogP contribution in [0.1, 0.15) is 29.8 Å². The van der Waals surface area contributed by atoms with E-state index in [4.69, 9.17) is 5.73 Å². The van der Waals surface area contributed by atoms with E-state index >= 15 is 0 Å². The van der Waals surface area contributed by atoms with Crippen LogP contribution in [0.15, 0.2) is 18.2 Å². The fraction of sp³-hybridized carbons (Fsp3) is 0.429. The zero-order chi connectivity index (χ0) is 14.6. The molecule has 1 aromatic rings. The summed E-state index contributed by atoms with van der Waals surface area (Å²) in [6.45, 7) is 5.48. The van der Waals surface area contributed by atoms with Gasteiger partial charge in [-0.3, -0.25) is 9.59 Å². The van der Waals surface area contributed by atoms with Gasteiger partial charge >= 0.3 is 5.97 Å². The lowest BCUT2D eigenvalue weighted by atomic mass is 10.1. The Morgan fingerprint density at radius 3 is 2.47 bits per heavy atom. The standard InChI is InChI=1S/C14H20N2O3/c1-9(2)16(8-13(17)19-4)14(18)11-5-6-12(15)10(3)7-11/h5-7,9H,8,15H2,1-4H3. The maximum atomic E-state index is 12.4. The molecule has 0 aromatic heterocycles. The Morgan fingerprint density at radius 2 is 2.00 bits per heavy atom. The number of nitrogens with zero attached hydrogens (tertiary/aromatic N) is 1. The van der Waals surface area contributed by atoms with E-state index < -0.39 is 5.97 Å². The van der Waals surface area contributed by atoms with Gasteiger partial charge in [0.25, 0.3) is 5.91 Å². The Balaban J connectivity index is 2.99. The van der Waals surface area contributed by atoms with Crippen LogP contribution in [0.5, 0.6) is 0 Å². The topological polar surface area (TPSA) is 72.6 Å². The Bertz CT molecular complexity index is 484. The number of benzene rings is 1. The number of anilines is 1. The van der Waals surface area contributed by atoms with E-state index in [2.05, 4.69) is 4.74 Å². The largest absolute Gasteiger partial charge is 0.468 e. The number of nitrogen functional groups attached to an aromatic ring is 1. The number of amides is 1. The molecular formula is C14H20N2O3. The van der Waals surface area contributed by atoms with Gasteiger partial charge in [-0.15, -0.1) is 0 Å². The molecule has 0 saturated heterocycles. The summed E-state index contributed by atoms with van der Waals surface area (Å²) in [6.07, 6.45) is 0. The van der Waals surface area contributed by atoms with Crippen LogP contribution < -0.4 is 5.73 Å². The number of carbonyl (C=O) groups excluding carboxylic acids is 2. The van der Waals surface area contributed by atoms with Crippen molar-refractivity contribution in [2.24, 2.45) is 0 Å². The minimum absolute atomic E-state index is 0.0591. The quantitative estimate of drug-likeness (QED) is 0.662. The first-order chi connectivity index (χ1) is 8.86. The number of carbonyl (C=O) groups is 2. The highest BCUT2D eigenvalue weighted by molar-refractivity contribution is 5.96. The fourth-order valence-electron chi connectivity index (χ4n) is 1.67. The van der Waals surface area contributed by atoms with E-state index in [-0.39, 0.29) is 18.5 Å². The molecule has 0 bridgehead atoms. The van der Waals surface area contributed by atoms with Crippen molar-refractivity contribution in [1.29, 1.82) is 0 Å². The van der Waals surface area contributed by atoms with Crippen molar-refractivity contribution in [2.45, 2.75) is 26.8 Å². The maximum Gasteiger partial charge on any atom is 0.325 e. The van der Waals surface area contributed by atoms with Crippen molar-refractivity contribution in [3.8, 4) is 0 Å². The molecule has 0 fully saturated rings. The second-order valence-electron chi connectivity index (χ2n) is 4.67. The number of hydrogen-bond acceptors (Lipinski definition) is 4. The summed E-state index contributed by atoms with van der Waals surface area (Å²) in [5, 5.41) is 0. The summed E-state index contributed by atoms with van der Waals surface area (Å²) in [7, 11) is 1.30. The van der Waals surface area contributed by atoms with Gasteiger partial charge in [-0.25, -0.2) is 0 Å². The third-order valence-corrected chi connectivity index (χ3v) is 2.93. The molecule has 0 saturated carbocycles. The first-order valence-electron chi connectivity index (χ1n) is 6.10. The molecular weight excluding hydrogens is 244 g/mol. The number of aryl methyl sites for hydroxylation is 1. The number of esters is 1. The smallest absolute Gasteiger partial charge is 0.325 e. The van der Waals surface area contributed by atoms with Gasteiger partial charge in [0.1, 0.15) is 6.54 Å². The third-order valence-electron chi connectivity index (χ3n) is 2.93. The minimum atomic E-state index is -0.436. The average molecular weight is 264 g/mol. The highest BCUT2D eigenvalue weighted by Gasteiger charge is 2.22. The van der Waals surface area contributed by atoms with Gasteiger partial charge in [0.05, 0.1) is 7.11 Å². The lowest BCUT2D eigenvalue weighted by Gasteiger charge is -2.25. The van der Waals surface area contributed by atoms with Crippen LogP contribution in [0.3, 0.4) is 0 Å². The molecule has 1 aromatic carbocycles. The van der Waals surface area contributed by atoms with Crippen LogP contribution in [0.25, 0.3) is 0 Å². The van der Waals surface area contributed by atoms with Gasteiger partial charge in [-0.1, -0.05) is 0 Å². The molecule has 0 aliphatic carbocycles. The van der Waals surface area contributed by atoms with Crippen LogP contribution in [-0.2, 0) is 9.53 Å². The second kappa shape index (κ2) is 6.22. The minimum Gasteiger partial charge on any atom is -0.468 e. The summed E-state index contributed by atoms with van der Waals surface area (Å²) in [5.41, 5.74) is 7.73. The number of methoxy groups -OCH3 is 1. The Kier molecular flexibility index (Phi) is 4.92. The SMILES string of the molecule is COC(=O)CN(C(=O)c1ccc(N)c(C)c1)C(C)C. The lowest BCUT2D eigenvalue weighted by Crippen LogP contribution is -2.41. The number of hydrogen-bond donors (Lipinski definition) is 1. The van der Waals surface area contributed by atoms with E-state index in [0.29, 0.717) is 11.3 Å². The summed E-state index contributed by atoms with van der Waals surface area (Å²) >= 11 is 0. The summed E-state index contributed by atoms with van der Waals surface area (Å²) in [4.78, 5) is 25.2. The van der Waals surface area contributed by atoms with Crippen molar-refractivity contribution < 1.29 is 14.3 Å². The van der Waals surface area contributed by atoms with Crippen LogP contribution in [0.4, 0.5) is 5.69 Å². The van der Waals surface area contributed by atoms with Crippen LogP contribution in [0, 0.1) is 6.92 Å². The molecule has 2 N–H and O–H groups in total. The molecule has 0 radical (unpaired) electrons. The predicted molar refractivity (Wildman–Crippen MR) is 73.8 cm³/mol. The van der Waals surface area contributed by atoms with Crippen LogP contribution in [0.2, 0.25) is 0 Å². The fourth-order valence-corrected chi connectivity index (χ4v) is 1.67. The second-order valence-corrected chi connectivity index (χ2v) is 4.67. The van der Waals surface area contributed by atoms with E-state index in [1.54, 1.807) is 18.2 Å². The molecule has 0 spiro atoms. The van der Waals surface area contributed by atoms with Crippen molar-refractivity contribution in [2.75, 3.05) is 19.4 Å². The Morgan fingerprint density at radius 1 is 1.37 bits per heavy atom. The highest BCUT2D eigenvalue weighted by atomic mass is 16.5. The lowest BCUT2D eigenvalue weighted by molar-refractivity contribution is -0.141. The highest BCUT2D eigenvalue weighted by Crippen LogP contribution is 2.15. The van der Waals surface area contributed by atoms with Crippen molar-refractivity contribution in [3.05, 3.63) is 29.3 Å². The van der Waals surface area contributed by atoms with E-state index in [9.17, 15) is 9.59 Å². The third kappa shape index (κ3) is 3.71. The number of rotatable bonds is 4. The first-order valence-corrected chi connectivity index (χ1v) is 6.10. The molecule has 0 atom stereocenters. The zero-order valence-electron chi connectivity index (χ0n) is 11.8. The summed E-state index contributed by atoms with van der Waals surface area (Å²) in [6, 6.07) is 4.99. The molecule has 0 heterocycles. The van der Waals surface area contributed by atoms with E-state index in [1.807, 2.05) is 20.8 Å². The Hall–Kier alpha value is -2.04. The van der Waals surface area contributed by atoms with Crippen molar-refractivity contribution >= 4 is 17.6 Å². The predicted octanol–water partition coefficient (Wildman–Crippen LogP) is 1.60. The zero-order valence-corrected chi connectivity index (χ0v) is 11.8. The molecule has 5 nitrogen and oxygen atoms in total. The van der Waals surface area contributed by atoms with Crippen molar-refractivity contribution in [1.82, 2.24) is 4.90 Å². The van der Waals surface area contributed by atoms with Crippen molar-refractivity contribution in [3.63, 3.8) is 0 Å².